The Labute approximate surface area is 312 Å². The molecule has 3 aromatic rings. The Morgan fingerprint density at radius 1 is 0.660 bits per heavy atom. The van der Waals surface area contributed by atoms with Crippen LogP contribution in [0.4, 0.5) is 9.59 Å². The minimum atomic E-state index is -1.16. The van der Waals surface area contributed by atoms with Crippen LogP contribution in [0.15, 0.2) is 72.8 Å². The van der Waals surface area contributed by atoms with Gasteiger partial charge in [-0.15, -0.1) is 0 Å². The molecule has 4 amide bonds. The Hall–Kier alpha value is -5.17. The van der Waals surface area contributed by atoms with Crippen LogP contribution in [0, 0.1) is 10.8 Å². The third kappa shape index (κ3) is 13.1. The standard InChI is InChI=1S/C40H55N5O8/c1-39(2,3)33(44-37(49)52-8)35(47)41-28(22-26-18-20-27(21-19-26)29-16-13-17-32(42-29)51-7)24-31(46)30(23-25-14-11-10-12-15-25)43-36(48)34(40(4,5)6)45-38(50)53-9/h10-21,28,30-31,33-34,46H,22-24H2,1-9H3,(H,41,47)(H,43,48)(H,44,49)(H,45,50)/t28-,30-,31-,33+,34+/m0/s1. The fourth-order valence-corrected chi connectivity index (χ4v) is 5.84. The normalized spacial score (nSPS) is 14.4. The van der Waals surface area contributed by atoms with Gasteiger partial charge >= 0.3 is 12.2 Å². The molecule has 3 rings (SSSR count). The van der Waals surface area contributed by atoms with Gasteiger partial charge in [0, 0.05) is 17.7 Å². The molecular formula is C40H55N5O8. The first-order chi connectivity index (χ1) is 24.9. The van der Waals surface area contributed by atoms with Gasteiger partial charge < -0.3 is 40.6 Å². The summed E-state index contributed by atoms with van der Waals surface area (Å²) in [6, 6.07) is 19.2. The molecule has 1 heterocycles. The van der Waals surface area contributed by atoms with E-state index in [0.717, 1.165) is 22.4 Å². The first kappa shape index (κ1) is 42.2. The zero-order chi connectivity index (χ0) is 39.3. The number of hydrogen-bond donors (Lipinski definition) is 5. The van der Waals surface area contributed by atoms with Crippen molar-refractivity contribution in [3.63, 3.8) is 0 Å². The lowest BCUT2D eigenvalue weighted by molar-refractivity contribution is -0.128. The van der Waals surface area contributed by atoms with Crippen molar-refractivity contribution in [1.82, 2.24) is 26.3 Å². The van der Waals surface area contributed by atoms with Gasteiger partial charge in [-0.2, -0.15) is 0 Å². The number of amides is 4. The van der Waals surface area contributed by atoms with Crippen molar-refractivity contribution in [2.45, 2.75) is 91.1 Å². The van der Waals surface area contributed by atoms with E-state index in [0.29, 0.717) is 12.3 Å². The number of pyridine rings is 1. The number of carbonyl (C=O) groups is 4. The maximum Gasteiger partial charge on any atom is 0.407 e. The largest absolute Gasteiger partial charge is 0.481 e. The number of rotatable bonds is 15. The van der Waals surface area contributed by atoms with Crippen LogP contribution in [0.25, 0.3) is 11.3 Å². The fraction of sp³-hybridized carbons (Fsp3) is 0.475. The predicted octanol–water partition coefficient (Wildman–Crippen LogP) is 4.80. The lowest BCUT2D eigenvalue weighted by Crippen LogP contribution is -2.59. The molecule has 13 nitrogen and oxygen atoms in total. The number of carbonyl (C=O) groups excluding carboxylic acids is 4. The number of alkyl carbamates (subject to hydrolysis) is 2. The van der Waals surface area contributed by atoms with Gasteiger partial charge in [-0.05, 0) is 47.3 Å². The number of ether oxygens (including phenoxy) is 3. The summed E-state index contributed by atoms with van der Waals surface area (Å²) in [5.74, 6) is -0.472. The second-order valence-corrected chi connectivity index (χ2v) is 15.1. The molecule has 5 atom stereocenters. The number of aliphatic hydroxyl groups excluding tert-OH is 1. The van der Waals surface area contributed by atoms with Crippen molar-refractivity contribution in [2.24, 2.45) is 10.8 Å². The Balaban J connectivity index is 1.97. The zero-order valence-electron chi connectivity index (χ0n) is 32.2. The van der Waals surface area contributed by atoms with Crippen LogP contribution >= 0.6 is 0 Å². The molecule has 288 valence electrons. The van der Waals surface area contributed by atoms with Crippen LogP contribution in [0.5, 0.6) is 5.88 Å². The molecule has 0 radical (unpaired) electrons. The van der Waals surface area contributed by atoms with Gasteiger partial charge in [-0.25, -0.2) is 14.6 Å². The van der Waals surface area contributed by atoms with Gasteiger partial charge in [0.15, 0.2) is 0 Å². The highest BCUT2D eigenvalue weighted by atomic mass is 16.5. The second kappa shape index (κ2) is 19.1. The molecule has 0 aliphatic heterocycles. The number of methoxy groups -OCH3 is 3. The smallest absolute Gasteiger partial charge is 0.407 e. The number of nitrogens with zero attached hydrogens (tertiary/aromatic N) is 1. The van der Waals surface area contributed by atoms with Gasteiger partial charge in [0.05, 0.1) is 39.2 Å². The highest BCUT2D eigenvalue weighted by molar-refractivity contribution is 5.87. The maximum absolute atomic E-state index is 13.9. The maximum atomic E-state index is 13.9. The summed E-state index contributed by atoms with van der Waals surface area (Å²) < 4.78 is 14.8. The summed E-state index contributed by atoms with van der Waals surface area (Å²) in [6.45, 7) is 10.9. The molecule has 1 aromatic heterocycles. The molecule has 5 N–H and O–H groups in total. The highest BCUT2D eigenvalue weighted by Gasteiger charge is 2.37. The molecule has 0 fully saturated rings. The zero-order valence-corrected chi connectivity index (χ0v) is 32.2. The van der Waals surface area contributed by atoms with E-state index in [1.165, 1.54) is 14.2 Å². The van der Waals surface area contributed by atoms with Crippen molar-refractivity contribution in [1.29, 1.82) is 0 Å². The Morgan fingerprint density at radius 2 is 1.19 bits per heavy atom. The molecule has 0 saturated carbocycles. The Morgan fingerprint density at radius 3 is 1.70 bits per heavy atom. The van der Waals surface area contributed by atoms with Crippen molar-refractivity contribution in [3.05, 3.63) is 83.9 Å². The van der Waals surface area contributed by atoms with Crippen LogP contribution in [0.2, 0.25) is 0 Å². The lowest BCUT2D eigenvalue weighted by Gasteiger charge is -2.34. The van der Waals surface area contributed by atoms with E-state index in [4.69, 9.17) is 14.2 Å². The Bertz CT molecular complexity index is 1650. The number of nitrogens with one attached hydrogen (secondary N) is 4. The van der Waals surface area contributed by atoms with E-state index >= 15 is 0 Å². The Kier molecular flexibility index (Phi) is 15.2. The van der Waals surface area contributed by atoms with Crippen molar-refractivity contribution in [2.75, 3.05) is 21.3 Å². The number of hydrogen-bond acceptors (Lipinski definition) is 9. The molecule has 0 spiro atoms. The highest BCUT2D eigenvalue weighted by Crippen LogP contribution is 2.24. The molecular weight excluding hydrogens is 678 g/mol. The second-order valence-electron chi connectivity index (χ2n) is 15.1. The van der Waals surface area contributed by atoms with E-state index in [2.05, 4.69) is 26.3 Å². The average Bonchev–Trinajstić information content (AvgIpc) is 3.11. The quantitative estimate of drug-likeness (QED) is 0.147. The third-order valence-corrected chi connectivity index (χ3v) is 8.78. The SMILES string of the molecule is COC(=O)N[C@H](C(=O)N[C@@H](Cc1ccc(-c2cccc(OC)n2)cc1)C[C@H](O)[C@H](Cc1ccccc1)NC(=O)[C@@H](NC(=O)OC)C(C)(C)C)C(C)(C)C. The van der Waals surface area contributed by atoms with E-state index in [1.54, 1.807) is 13.2 Å². The van der Waals surface area contributed by atoms with E-state index in [1.807, 2.05) is 108 Å². The third-order valence-electron chi connectivity index (χ3n) is 8.78. The summed E-state index contributed by atoms with van der Waals surface area (Å²) in [4.78, 5) is 56.6. The van der Waals surface area contributed by atoms with Gasteiger partial charge in [0.1, 0.15) is 12.1 Å². The lowest BCUT2D eigenvalue weighted by atomic mass is 9.85. The first-order valence-electron chi connectivity index (χ1n) is 17.6. The summed E-state index contributed by atoms with van der Waals surface area (Å²) in [7, 11) is 4.00. The van der Waals surface area contributed by atoms with Crippen molar-refractivity contribution in [3.8, 4) is 17.1 Å². The van der Waals surface area contributed by atoms with E-state index < -0.39 is 65.1 Å². The monoisotopic (exact) mass is 733 g/mol. The van der Waals surface area contributed by atoms with Crippen LogP contribution in [0.3, 0.4) is 0 Å². The van der Waals surface area contributed by atoms with Crippen molar-refractivity contribution >= 4 is 24.0 Å². The molecule has 0 unspecified atom stereocenters. The molecule has 0 bridgehead atoms. The summed E-state index contributed by atoms with van der Waals surface area (Å²) in [5.41, 5.74) is 1.93. The van der Waals surface area contributed by atoms with Crippen molar-refractivity contribution < 1.29 is 38.5 Å². The first-order valence-corrected chi connectivity index (χ1v) is 17.6. The van der Waals surface area contributed by atoms with Crippen LogP contribution < -0.4 is 26.0 Å². The number of aliphatic hydroxyl groups is 1. The van der Waals surface area contributed by atoms with E-state index in [9.17, 15) is 24.3 Å². The molecule has 53 heavy (non-hydrogen) atoms. The number of aromatic nitrogens is 1. The van der Waals surface area contributed by atoms with Gasteiger partial charge in [-0.3, -0.25) is 9.59 Å². The van der Waals surface area contributed by atoms with Gasteiger partial charge in [-0.1, -0.05) is 102 Å². The topological polar surface area (TPSA) is 177 Å². The molecule has 0 aliphatic carbocycles. The molecule has 2 aromatic carbocycles. The minimum Gasteiger partial charge on any atom is -0.481 e. The molecule has 0 saturated heterocycles. The summed E-state index contributed by atoms with van der Waals surface area (Å²) in [5, 5.41) is 23.2. The minimum absolute atomic E-state index is 0.0302. The summed E-state index contributed by atoms with van der Waals surface area (Å²) in [6.07, 6.45) is -2.07. The van der Waals surface area contributed by atoms with Gasteiger partial charge in [0.2, 0.25) is 17.7 Å². The van der Waals surface area contributed by atoms with E-state index in [-0.39, 0.29) is 12.8 Å². The number of benzene rings is 2. The predicted molar refractivity (Wildman–Crippen MR) is 202 cm³/mol. The molecule has 0 aliphatic rings. The summed E-state index contributed by atoms with van der Waals surface area (Å²) >= 11 is 0. The van der Waals surface area contributed by atoms with Crippen LogP contribution in [0.1, 0.15) is 59.1 Å². The van der Waals surface area contributed by atoms with Crippen LogP contribution in [-0.2, 0) is 31.9 Å². The average molecular weight is 734 g/mol. The van der Waals surface area contributed by atoms with Gasteiger partial charge in [0.25, 0.3) is 0 Å². The van der Waals surface area contributed by atoms with Crippen LogP contribution in [-0.4, -0.2) is 85.7 Å². The fourth-order valence-electron chi connectivity index (χ4n) is 5.84. The molecule has 13 heteroatoms.